The monoisotopic (exact) mass is 512 g/mol. The first-order valence-electron chi connectivity index (χ1n) is 12.6. The van der Waals surface area contributed by atoms with Gasteiger partial charge in [0.2, 0.25) is 0 Å². The molecule has 0 amide bonds. The van der Waals surface area contributed by atoms with Crippen LogP contribution in [-0.2, 0) is 7.05 Å². The van der Waals surface area contributed by atoms with Gasteiger partial charge >= 0.3 is 0 Å². The first kappa shape index (κ1) is 24.1. The van der Waals surface area contributed by atoms with Gasteiger partial charge in [-0.25, -0.2) is 24.3 Å². The molecule has 0 spiro atoms. The maximum atomic E-state index is 15.3. The van der Waals surface area contributed by atoms with E-state index < -0.39 is 5.82 Å². The zero-order valence-corrected chi connectivity index (χ0v) is 21.7. The van der Waals surface area contributed by atoms with Gasteiger partial charge in [-0.05, 0) is 56.7 Å². The van der Waals surface area contributed by atoms with Gasteiger partial charge in [0.05, 0.1) is 28.6 Å². The van der Waals surface area contributed by atoms with Crippen LogP contribution in [0.15, 0.2) is 55.1 Å². The van der Waals surface area contributed by atoms with E-state index in [1.807, 2.05) is 48.9 Å². The quantitative estimate of drug-likeness (QED) is 0.337. The lowest BCUT2D eigenvalue weighted by Crippen LogP contribution is -2.54. The average Bonchev–Trinajstić information content (AvgIpc) is 3.26. The van der Waals surface area contributed by atoms with Gasteiger partial charge in [0.15, 0.2) is 5.82 Å². The van der Waals surface area contributed by atoms with Crippen molar-refractivity contribution in [3.63, 3.8) is 0 Å². The maximum Gasteiger partial charge on any atom is 0.160 e. The number of fused-ring (bicyclic) bond motifs is 2. The van der Waals surface area contributed by atoms with Gasteiger partial charge < -0.3 is 24.8 Å². The van der Waals surface area contributed by atoms with Crippen LogP contribution in [0.2, 0.25) is 0 Å². The molecule has 2 atom stereocenters. The van der Waals surface area contributed by atoms with Crippen molar-refractivity contribution >= 4 is 39.4 Å². The van der Waals surface area contributed by atoms with Crippen LogP contribution in [0.4, 0.5) is 21.7 Å². The van der Waals surface area contributed by atoms with Crippen LogP contribution in [0.25, 0.3) is 22.1 Å². The number of piperazine rings is 1. The number of benzene rings is 2. The fourth-order valence-corrected chi connectivity index (χ4v) is 5.01. The fourth-order valence-electron chi connectivity index (χ4n) is 5.01. The Morgan fingerprint density at radius 2 is 1.82 bits per heavy atom. The highest BCUT2D eigenvalue weighted by Gasteiger charge is 2.22. The van der Waals surface area contributed by atoms with E-state index in [0.29, 0.717) is 40.4 Å². The number of halogens is 1. The molecule has 5 aromatic rings. The molecule has 0 bridgehead atoms. The van der Waals surface area contributed by atoms with Gasteiger partial charge in [0.1, 0.15) is 35.0 Å². The third-order valence-electron chi connectivity index (χ3n) is 6.79. The van der Waals surface area contributed by atoms with Crippen LogP contribution < -0.4 is 20.3 Å². The molecule has 0 radical (unpaired) electrons. The molecule has 6 rings (SSSR count). The average molecular weight is 513 g/mol. The largest absolute Gasteiger partial charge is 0.457 e. The van der Waals surface area contributed by atoms with E-state index in [2.05, 4.69) is 44.3 Å². The molecule has 2 aromatic carbocycles. The van der Waals surface area contributed by atoms with Crippen molar-refractivity contribution in [2.24, 2.45) is 7.05 Å². The van der Waals surface area contributed by atoms with Crippen LogP contribution in [0, 0.1) is 12.7 Å². The van der Waals surface area contributed by atoms with E-state index in [1.54, 1.807) is 12.4 Å². The molecule has 38 heavy (non-hydrogen) atoms. The zero-order chi connectivity index (χ0) is 26.4. The number of imidazole rings is 1. The first-order valence-corrected chi connectivity index (χ1v) is 12.6. The van der Waals surface area contributed by atoms with Crippen LogP contribution in [0.1, 0.15) is 19.4 Å². The Kier molecular flexibility index (Phi) is 6.03. The summed E-state index contributed by atoms with van der Waals surface area (Å²) in [6, 6.07) is 13.3. The predicted octanol–water partition coefficient (Wildman–Crippen LogP) is 5.08. The summed E-state index contributed by atoms with van der Waals surface area (Å²) in [6.45, 7) is 7.90. The van der Waals surface area contributed by atoms with E-state index in [-0.39, 0.29) is 5.69 Å². The molecule has 1 saturated heterocycles. The third-order valence-corrected chi connectivity index (χ3v) is 6.79. The van der Waals surface area contributed by atoms with Crippen molar-refractivity contribution in [3.8, 4) is 11.5 Å². The van der Waals surface area contributed by atoms with E-state index in [9.17, 15) is 0 Å². The van der Waals surface area contributed by atoms with Crippen molar-refractivity contribution in [2.45, 2.75) is 32.9 Å². The number of rotatable bonds is 5. The molecule has 1 aliphatic rings. The van der Waals surface area contributed by atoms with Gasteiger partial charge in [0, 0.05) is 44.4 Å². The Labute approximate surface area is 219 Å². The van der Waals surface area contributed by atoms with Gasteiger partial charge in [-0.3, -0.25) is 0 Å². The summed E-state index contributed by atoms with van der Waals surface area (Å²) in [7, 11) is 1.93. The molecular formula is C28H29FN8O. The fraction of sp³-hybridized carbons (Fsp3) is 0.286. The summed E-state index contributed by atoms with van der Waals surface area (Å²) >= 11 is 0. The Morgan fingerprint density at radius 3 is 2.63 bits per heavy atom. The minimum Gasteiger partial charge on any atom is -0.457 e. The topological polar surface area (TPSA) is 93.0 Å². The van der Waals surface area contributed by atoms with E-state index >= 15 is 4.39 Å². The van der Waals surface area contributed by atoms with E-state index in [0.717, 1.165) is 35.5 Å². The van der Waals surface area contributed by atoms with Crippen molar-refractivity contribution in [3.05, 3.63) is 66.5 Å². The van der Waals surface area contributed by atoms with Gasteiger partial charge in [-0.15, -0.1) is 0 Å². The van der Waals surface area contributed by atoms with Gasteiger partial charge in [-0.2, -0.15) is 0 Å². The molecule has 0 aliphatic carbocycles. The number of anilines is 3. The van der Waals surface area contributed by atoms with Crippen molar-refractivity contribution in [1.29, 1.82) is 0 Å². The molecule has 0 unspecified atom stereocenters. The summed E-state index contributed by atoms with van der Waals surface area (Å²) in [6.07, 6.45) is 3.20. The molecule has 3 aromatic heterocycles. The Morgan fingerprint density at radius 1 is 1.00 bits per heavy atom. The summed E-state index contributed by atoms with van der Waals surface area (Å²) in [4.78, 5) is 20.2. The predicted molar refractivity (Wildman–Crippen MR) is 147 cm³/mol. The summed E-state index contributed by atoms with van der Waals surface area (Å²) in [5, 5.41) is 6.67. The lowest BCUT2D eigenvalue weighted by molar-refractivity contribution is 0.405. The summed E-state index contributed by atoms with van der Waals surface area (Å²) in [5.41, 5.74) is 4.13. The Hall–Kier alpha value is -4.31. The second-order valence-corrected chi connectivity index (χ2v) is 9.96. The number of ether oxygens (including phenoxy) is 1. The number of hydrogen-bond acceptors (Lipinski definition) is 8. The van der Waals surface area contributed by atoms with E-state index in [1.165, 1.54) is 12.4 Å². The number of nitrogens with one attached hydrogen (secondary N) is 2. The molecule has 194 valence electrons. The van der Waals surface area contributed by atoms with Crippen molar-refractivity contribution in [1.82, 2.24) is 29.8 Å². The van der Waals surface area contributed by atoms with Crippen LogP contribution in [-0.4, -0.2) is 49.7 Å². The van der Waals surface area contributed by atoms with Crippen LogP contribution in [0.5, 0.6) is 11.5 Å². The lowest BCUT2D eigenvalue weighted by Gasteiger charge is -2.37. The number of nitrogens with zero attached hydrogens (tertiary/aromatic N) is 6. The molecular weight excluding hydrogens is 483 g/mol. The smallest absolute Gasteiger partial charge is 0.160 e. The van der Waals surface area contributed by atoms with Crippen molar-refractivity contribution in [2.75, 3.05) is 23.3 Å². The molecule has 1 aliphatic heterocycles. The van der Waals surface area contributed by atoms with Gasteiger partial charge in [-0.1, -0.05) is 0 Å². The number of aryl methyl sites for hydroxylation is 2. The Balaban J connectivity index is 1.28. The summed E-state index contributed by atoms with van der Waals surface area (Å²) in [5.74, 6) is 1.85. The SMILES string of the molecule is Cc1cc(Nc2ncnc3ccc(N4C[C@@H](C)N[C@@H](C)C4)nc23)c(F)cc1Oc1ccc2c(c1)ncn2C. The minimum absolute atomic E-state index is 0.284. The Bertz CT molecular complexity index is 1640. The molecule has 9 nitrogen and oxygen atoms in total. The number of pyridine rings is 1. The first-order chi connectivity index (χ1) is 18.3. The van der Waals surface area contributed by atoms with Crippen LogP contribution >= 0.6 is 0 Å². The molecule has 10 heteroatoms. The normalized spacial score (nSPS) is 17.8. The highest BCUT2D eigenvalue weighted by molar-refractivity contribution is 5.88. The molecule has 4 heterocycles. The lowest BCUT2D eigenvalue weighted by atomic mass is 10.1. The number of aromatic nitrogens is 5. The highest BCUT2D eigenvalue weighted by Crippen LogP contribution is 2.33. The van der Waals surface area contributed by atoms with Crippen molar-refractivity contribution < 1.29 is 9.13 Å². The second-order valence-electron chi connectivity index (χ2n) is 9.96. The summed E-state index contributed by atoms with van der Waals surface area (Å²) < 4.78 is 23.2. The van der Waals surface area contributed by atoms with E-state index in [4.69, 9.17) is 9.72 Å². The minimum atomic E-state index is -0.461. The third kappa shape index (κ3) is 4.58. The molecule has 0 saturated carbocycles. The second kappa shape index (κ2) is 9.53. The standard InChI is InChI=1S/C28H29FN8O/c1-16-9-22(20(29)11-25(16)38-19-5-7-24-23(10-19)32-15-36(24)4)34-28-27-21(30-14-31-28)6-8-26(35-27)37-12-17(2)33-18(3)13-37/h5-11,14-15,17-18,33H,12-13H2,1-4H3,(H,30,31,34)/t17-,18+. The van der Waals surface area contributed by atoms with Gasteiger partial charge in [0.25, 0.3) is 0 Å². The highest BCUT2D eigenvalue weighted by atomic mass is 19.1. The van der Waals surface area contributed by atoms with Crippen LogP contribution in [0.3, 0.4) is 0 Å². The maximum absolute atomic E-state index is 15.3. The molecule has 1 fully saturated rings. The zero-order valence-electron chi connectivity index (χ0n) is 21.7. The number of hydrogen-bond donors (Lipinski definition) is 2. The molecule has 2 N–H and O–H groups in total.